The molecule has 7 heteroatoms. The number of aliphatic hydroxyl groups is 1. The first kappa shape index (κ1) is 15.3. The Bertz CT molecular complexity index is 706. The van der Waals surface area contributed by atoms with E-state index in [4.69, 9.17) is 4.74 Å². The van der Waals surface area contributed by atoms with Gasteiger partial charge in [0.05, 0.1) is 13.2 Å². The topological polar surface area (TPSA) is 80.5 Å². The fraction of sp³-hybridized carbons (Fsp3) is 0.471. The van der Waals surface area contributed by atoms with Gasteiger partial charge in [-0.2, -0.15) is 5.10 Å². The number of rotatable bonds is 3. The number of aromatic nitrogens is 3. The molecule has 4 rings (SSSR count). The van der Waals surface area contributed by atoms with Crippen LogP contribution in [0.25, 0.3) is 0 Å². The fourth-order valence-electron chi connectivity index (χ4n) is 3.69. The molecule has 0 unspecified atom stereocenters. The first-order valence-corrected chi connectivity index (χ1v) is 8.13. The average molecular weight is 328 g/mol. The largest absolute Gasteiger partial charge is 0.388 e. The maximum atomic E-state index is 12.4. The minimum atomic E-state index is -0.661. The summed E-state index contributed by atoms with van der Waals surface area (Å²) in [5.74, 6) is 0.175. The van der Waals surface area contributed by atoms with Crippen molar-refractivity contribution in [2.75, 3.05) is 19.7 Å². The van der Waals surface area contributed by atoms with Crippen LogP contribution in [-0.2, 0) is 16.1 Å². The number of nitrogens with zero attached hydrogens (tertiary/aromatic N) is 4. The van der Waals surface area contributed by atoms with E-state index in [1.807, 2.05) is 18.2 Å². The number of carbonyl (C=O) groups excluding carboxylic acids is 1. The number of hydrogen-bond acceptors (Lipinski definition) is 5. The molecule has 0 saturated carbocycles. The molecule has 0 aliphatic carbocycles. The molecule has 3 heterocycles. The Hall–Kier alpha value is -2.25. The van der Waals surface area contributed by atoms with Crippen molar-refractivity contribution in [2.24, 2.45) is 0 Å². The Balaban J connectivity index is 1.44. The first-order valence-electron chi connectivity index (χ1n) is 8.13. The third kappa shape index (κ3) is 2.70. The lowest BCUT2D eigenvalue weighted by molar-refractivity contribution is -0.132. The summed E-state index contributed by atoms with van der Waals surface area (Å²) in [7, 11) is 0. The van der Waals surface area contributed by atoms with E-state index < -0.39 is 11.7 Å². The molecule has 1 amide bonds. The van der Waals surface area contributed by atoms with E-state index in [1.54, 1.807) is 4.90 Å². The van der Waals surface area contributed by atoms with E-state index in [0.29, 0.717) is 19.7 Å². The fourth-order valence-corrected chi connectivity index (χ4v) is 3.69. The van der Waals surface area contributed by atoms with Crippen LogP contribution in [0.4, 0.5) is 0 Å². The molecule has 1 aromatic carbocycles. The molecule has 2 aliphatic heterocycles. The van der Waals surface area contributed by atoms with Gasteiger partial charge in [-0.1, -0.05) is 30.3 Å². The Morgan fingerprint density at radius 1 is 1.38 bits per heavy atom. The maximum absolute atomic E-state index is 12.4. The summed E-state index contributed by atoms with van der Waals surface area (Å²) in [6.45, 7) is 1.43. The molecule has 7 nitrogen and oxygen atoms in total. The molecule has 3 atom stereocenters. The molecule has 2 saturated heterocycles. The van der Waals surface area contributed by atoms with Crippen LogP contribution in [0.15, 0.2) is 43.0 Å². The summed E-state index contributed by atoms with van der Waals surface area (Å²) >= 11 is 0. The second kappa shape index (κ2) is 5.99. The Labute approximate surface area is 139 Å². The van der Waals surface area contributed by atoms with Gasteiger partial charge < -0.3 is 14.7 Å². The summed E-state index contributed by atoms with van der Waals surface area (Å²) in [5, 5.41) is 14.5. The number of carbonyl (C=O) groups is 1. The van der Waals surface area contributed by atoms with Crippen molar-refractivity contribution in [1.82, 2.24) is 19.7 Å². The zero-order chi connectivity index (χ0) is 16.6. The molecule has 126 valence electrons. The van der Waals surface area contributed by atoms with E-state index in [2.05, 4.69) is 22.2 Å². The monoisotopic (exact) mass is 328 g/mol. The summed E-state index contributed by atoms with van der Waals surface area (Å²) in [4.78, 5) is 17.9. The number of aliphatic hydroxyl groups excluding tert-OH is 1. The number of amides is 1. The smallest absolute Gasteiger partial charge is 0.244 e. The molecular formula is C17H20N4O3. The number of hydrogen-bond donors (Lipinski definition) is 1. The Morgan fingerprint density at radius 3 is 2.96 bits per heavy atom. The predicted octanol–water partition coefficient (Wildman–Crippen LogP) is 0.424. The van der Waals surface area contributed by atoms with Crippen molar-refractivity contribution >= 4 is 5.91 Å². The van der Waals surface area contributed by atoms with Gasteiger partial charge in [-0.05, 0) is 12.0 Å². The Morgan fingerprint density at radius 2 is 2.21 bits per heavy atom. The SMILES string of the molecule is O=C(Cn1cncn1)N1C[C@@H](O)[C@@]2(C[C@H](c3ccccc3)CO2)C1. The lowest BCUT2D eigenvalue weighted by atomic mass is 9.87. The van der Waals surface area contributed by atoms with Gasteiger partial charge in [-0.25, -0.2) is 9.67 Å². The zero-order valence-corrected chi connectivity index (χ0v) is 13.3. The zero-order valence-electron chi connectivity index (χ0n) is 13.3. The minimum absolute atomic E-state index is 0.0804. The van der Waals surface area contributed by atoms with Crippen LogP contribution in [0.2, 0.25) is 0 Å². The van der Waals surface area contributed by atoms with E-state index in [1.165, 1.54) is 22.9 Å². The van der Waals surface area contributed by atoms with E-state index in [0.717, 1.165) is 6.42 Å². The highest BCUT2D eigenvalue weighted by Gasteiger charge is 2.53. The summed E-state index contributed by atoms with van der Waals surface area (Å²) in [6.07, 6.45) is 2.98. The second-order valence-corrected chi connectivity index (χ2v) is 6.57. The van der Waals surface area contributed by atoms with Crippen LogP contribution in [-0.4, -0.2) is 62.1 Å². The van der Waals surface area contributed by atoms with Gasteiger partial charge in [-0.3, -0.25) is 4.79 Å². The van der Waals surface area contributed by atoms with Gasteiger partial charge in [0, 0.05) is 12.5 Å². The van der Waals surface area contributed by atoms with E-state index in [9.17, 15) is 9.90 Å². The normalized spacial score (nSPS) is 29.5. The van der Waals surface area contributed by atoms with Crippen molar-refractivity contribution < 1.29 is 14.6 Å². The third-order valence-corrected chi connectivity index (χ3v) is 5.01. The Kier molecular flexibility index (Phi) is 3.82. The average Bonchev–Trinajstić information content (AvgIpc) is 3.31. The predicted molar refractivity (Wildman–Crippen MR) is 85.1 cm³/mol. The van der Waals surface area contributed by atoms with Crippen molar-refractivity contribution in [3.63, 3.8) is 0 Å². The number of ether oxygens (including phenoxy) is 1. The van der Waals surface area contributed by atoms with Gasteiger partial charge in [0.25, 0.3) is 0 Å². The van der Waals surface area contributed by atoms with Crippen LogP contribution < -0.4 is 0 Å². The van der Waals surface area contributed by atoms with E-state index >= 15 is 0 Å². The molecular weight excluding hydrogens is 308 g/mol. The first-order chi connectivity index (χ1) is 11.7. The van der Waals surface area contributed by atoms with Crippen LogP contribution >= 0.6 is 0 Å². The van der Waals surface area contributed by atoms with Gasteiger partial charge in [0.1, 0.15) is 30.9 Å². The quantitative estimate of drug-likeness (QED) is 0.883. The van der Waals surface area contributed by atoms with Crippen LogP contribution in [0.5, 0.6) is 0 Å². The summed E-state index contributed by atoms with van der Waals surface area (Å²) in [6, 6.07) is 10.2. The van der Waals surface area contributed by atoms with Crippen LogP contribution in [0.3, 0.4) is 0 Å². The number of β-amino-alcohol motifs (C(OH)–C–C–N with tert-alkyl or cyclic N) is 1. The molecule has 0 radical (unpaired) electrons. The van der Waals surface area contributed by atoms with Crippen molar-refractivity contribution in [3.05, 3.63) is 48.5 Å². The molecule has 1 N–H and O–H groups in total. The standard InChI is InChI=1S/C17H20N4O3/c22-15-7-20(16(23)8-21-12-18-11-19-21)10-17(15)6-14(9-24-17)13-4-2-1-3-5-13/h1-5,11-12,14-15,22H,6-10H2/t14-,15+,17+/m0/s1. The number of benzene rings is 1. The second-order valence-electron chi connectivity index (χ2n) is 6.57. The molecule has 2 fully saturated rings. The molecule has 1 aromatic heterocycles. The molecule has 0 bridgehead atoms. The number of likely N-dealkylation sites (tertiary alicyclic amines) is 1. The van der Waals surface area contributed by atoms with E-state index in [-0.39, 0.29) is 18.4 Å². The maximum Gasteiger partial charge on any atom is 0.244 e. The summed E-state index contributed by atoms with van der Waals surface area (Å²) in [5.41, 5.74) is 0.562. The molecule has 2 aliphatic rings. The van der Waals surface area contributed by atoms with Crippen molar-refractivity contribution in [3.8, 4) is 0 Å². The molecule has 2 aromatic rings. The van der Waals surface area contributed by atoms with Gasteiger partial charge in [0.15, 0.2) is 0 Å². The van der Waals surface area contributed by atoms with Crippen molar-refractivity contribution in [2.45, 2.75) is 30.6 Å². The highest BCUT2D eigenvalue weighted by atomic mass is 16.5. The van der Waals surface area contributed by atoms with Gasteiger partial charge in [-0.15, -0.1) is 0 Å². The minimum Gasteiger partial charge on any atom is -0.388 e. The van der Waals surface area contributed by atoms with Gasteiger partial charge >= 0.3 is 0 Å². The molecule has 24 heavy (non-hydrogen) atoms. The highest BCUT2D eigenvalue weighted by molar-refractivity contribution is 5.76. The van der Waals surface area contributed by atoms with Crippen LogP contribution in [0, 0.1) is 0 Å². The lowest BCUT2D eigenvalue weighted by Gasteiger charge is -2.26. The van der Waals surface area contributed by atoms with Crippen LogP contribution in [0.1, 0.15) is 17.9 Å². The third-order valence-electron chi connectivity index (χ3n) is 5.01. The van der Waals surface area contributed by atoms with Crippen molar-refractivity contribution in [1.29, 1.82) is 0 Å². The lowest BCUT2D eigenvalue weighted by Crippen LogP contribution is -2.41. The summed E-state index contributed by atoms with van der Waals surface area (Å²) < 4.78 is 7.51. The molecule has 1 spiro atoms. The van der Waals surface area contributed by atoms with Gasteiger partial charge in [0.2, 0.25) is 5.91 Å². The highest BCUT2D eigenvalue weighted by Crippen LogP contribution is 2.42.